The topological polar surface area (TPSA) is 77.4 Å². The number of ether oxygens (including phenoxy) is 2. The van der Waals surface area contributed by atoms with Gasteiger partial charge in [-0.25, -0.2) is 13.9 Å². The van der Waals surface area contributed by atoms with Gasteiger partial charge in [0.25, 0.3) is 0 Å². The van der Waals surface area contributed by atoms with E-state index in [4.69, 9.17) is 9.47 Å². The van der Waals surface area contributed by atoms with E-state index in [9.17, 15) is 9.18 Å². The van der Waals surface area contributed by atoms with Crippen LogP contribution < -0.4 is 20.1 Å². The smallest absolute Gasteiger partial charge is 0.323 e. The van der Waals surface area contributed by atoms with E-state index in [0.29, 0.717) is 22.9 Å². The fourth-order valence-electron chi connectivity index (χ4n) is 3.17. The average molecular weight is 432 g/mol. The number of anilines is 2. The molecule has 0 aliphatic rings. The highest BCUT2D eigenvalue weighted by molar-refractivity contribution is 5.99. The maximum absolute atomic E-state index is 13.2. The third kappa shape index (κ3) is 4.70. The lowest BCUT2D eigenvalue weighted by atomic mass is 10.1. The molecule has 0 unspecified atom stereocenters. The first-order valence-corrected chi connectivity index (χ1v) is 9.78. The summed E-state index contributed by atoms with van der Waals surface area (Å²) in [6.07, 6.45) is 1.85. The summed E-state index contributed by atoms with van der Waals surface area (Å²) in [5, 5.41) is 9.93. The predicted octanol–water partition coefficient (Wildman–Crippen LogP) is 5.34. The minimum absolute atomic E-state index is 0.373. The number of hydrogen-bond acceptors (Lipinski definition) is 4. The van der Waals surface area contributed by atoms with Crippen molar-refractivity contribution in [3.63, 3.8) is 0 Å². The first-order valence-electron chi connectivity index (χ1n) is 9.78. The van der Waals surface area contributed by atoms with Crippen molar-refractivity contribution >= 4 is 17.4 Å². The Bertz CT molecular complexity index is 1240. The highest BCUT2D eigenvalue weighted by atomic mass is 19.1. The molecule has 0 aliphatic heterocycles. The Balaban J connectivity index is 1.44. The van der Waals surface area contributed by atoms with Crippen molar-refractivity contribution in [2.45, 2.75) is 0 Å². The van der Waals surface area contributed by atoms with Gasteiger partial charge in [0.1, 0.15) is 5.82 Å². The summed E-state index contributed by atoms with van der Waals surface area (Å²) in [5.74, 6) is 0.866. The highest BCUT2D eigenvalue weighted by Crippen LogP contribution is 2.31. The van der Waals surface area contributed by atoms with E-state index in [1.54, 1.807) is 37.1 Å². The van der Waals surface area contributed by atoms with Gasteiger partial charge in [-0.15, -0.1) is 0 Å². The number of urea groups is 1. The molecule has 4 rings (SSSR count). The third-order valence-electron chi connectivity index (χ3n) is 4.74. The van der Waals surface area contributed by atoms with Gasteiger partial charge >= 0.3 is 6.03 Å². The fourth-order valence-corrected chi connectivity index (χ4v) is 3.17. The van der Waals surface area contributed by atoms with Crippen molar-refractivity contribution < 1.29 is 18.7 Å². The van der Waals surface area contributed by atoms with E-state index in [-0.39, 0.29) is 0 Å². The normalized spacial score (nSPS) is 10.5. The number of nitrogens with one attached hydrogen (secondary N) is 2. The number of benzene rings is 3. The second-order valence-electron chi connectivity index (χ2n) is 6.85. The number of nitrogens with zero attached hydrogens (tertiary/aromatic N) is 2. The van der Waals surface area contributed by atoms with E-state index in [1.807, 2.05) is 42.6 Å². The zero-order valence-electron chi connectivity index (χ0n) is 17.5. The molecule has 0 radical (unpaired) electrons. The lowest BCUT2D eigenvalue weighted by Gasteiger charge is -2.09. The Labute approximate surface area is 184 Å². The van der Waals surface area contributed by atoms with Crippen molar-refractivity contribution in [3.05, 3.63) is 84.8 Å². The van der Waals surface area contributed by atoms with Gasteiger partial charge in [-0.3, -0.25) is 0 Å². The predicted molar refractivity (Wildman–Crippen MR) is 121 cm³/mol. The number of amides is 2. The summed E-state index contributed by atoms with van der Waals surface area (Å²) >= 11 is 0. The first kappa shape index (κ1) is 20.9. The summed E-state index contributed by atoms with van der Waals surface area (Å²) in [7, 11) is 3.18. The maximum atomic E-state index is 13.2. The molecule has 7 nitrogen and oxygen atoms in total. The number of rotatable bonds is 6. The van der Waals surface area contributed by atoms with Gasteiger partial charge in [-0.05, 0) is 66.7 Å². The Morgan fingerprint density at radius 3 is 2.34 bits per heavy atom. The second-order valence-corrected chi connectivity index (χ2v) is 6.85. The molecule has 1 heterocycles. The van der Waals surface area contributed by atoms with Crippen LogP contribution in [0.25, 0.3) is 16.9 Å². The quantitative estimate of drug-likeness (QED) is 0.431. The molecule has 0 saturated heterocycles. The van der Waals surface area contributed by atoms with Gasteiger partial charge in [0.05, 0.1) is 25.6 Å². The molecule has 0 fully saturated rings. The Morgan fingerprint density at radius 1 is 0.875 bits per heavy atom. The molecule has 0 aliphatic carbocycles. The molecule has 8 heteroatoms. The first-order chi connectivity index (χ1) is 15.6. The molecule has 2 N–H and O–H groups in total. The third-order valence-corrected chi connectivity index (χ3v) is 4.74. The molecule has 4 aromatic rings. The maximum Gasteiger partial charge on any atom is 0.323 e. The summed E-state index contributed by atoms with van der Waals surface area (Å²) in [4.78, 5) is 12.1. The monoisotopic (exact) mass is 432 g/mol. The Morgan fingerprint density at radius 2 is 1.62 bits per heavy atom. The van der Waals surface area contributed by atoms with Crippen molar-refractivity contribution in [1.29, 1.82) is 0 Å². The van der Waals surface area contributed by atoms with Crippen molar-refractivity contribution in [3.8, 4) is 28.4 Å². The van der Waals surface area contributed by atoms with E-state index in [0.717, 1.165) is 16.9 Å². The lowest BCUT2D eigenvalue weighted by Crippen LogP contribution is -2.19. The van der Waals surface area contributed by atoms with Crippen LogP contribution in [0.3, 0.4) is 0 Å². The summed E-state index contributed by atoms with van der Waals surface area (Å²) in [6.45, 7) is 0. The van der Waals surface area contributed by atoms with Crippen LogP contribution in [0.4, 0.5) is 20.6 Å². The molecule has 0 bridgehead atoms. The van der Waals surface area contributed by atoms with Gasteiger partial charge in [-0.2, -0.15) is 5.10 Å². The molecule has 1 aromatic heterocycles. The molecule has 0 saturated carbocycles. The van der Waals surface area contributed by atoms with E-state index >= 15 is 0 Å². The second kappa shape index (κ2) is 9.22. The summed E-state index contributed by atoms with van der Waals surface area (Å²) in [6, 6.07) is 20.0. The summed E-state index contributed by atoms with van der Waals surface area (Å²) < 4.78 is 25.6. The Hall–Kier alpha value is -4.33. The van der Waals surface area contributed by atoms with Crippen LogP contribution in [-0.4, -0.2) is 30.0 Å². The van der Waals surface area contributed by atoms with Gasteiger partial charge in [0.15, 0.2) is 11.5 Å². The molecule has 3 aromatic carbocycles. The average Bonchev–Trinajstić information content (AvgIpc) is 3.29. The highest BCUT2D eigenvalue weighted by Gasteiger charge is 2.10. The number of carbonyl (C=O) groups excluding carboxylic acids is 1. The number of carbonyl (C=O) groups is 1. The SMILES string of the molecule is COc1ccc(-c2ccn(-c3ccc(NC(=O)Nc4cccc(F)c4)cc3)n2)cc1OC. The van der Waals surface area contributed by atoms with Crippen molar-refractivity contribution in [2.24, 2.45) is 0 Å². The van der Waals surface area contributed by atoms with Crippen LogP contribution in [0.1, 0.15) is 0 Å². The molecular formula is C24H21FN4O3. The molecule has 162 valence electrons. The number of methoxy groups -OCH3 is 2. The van der Waals surface area contributed by atoms with E-state index in [1.165, 1.54) is 18.2 Å². The van der Waals surface area contributed by atoms with Crippen LogP contribution in [0.15, 0.2) is 79.0 Å². The van der Waals surface area contributed by atoms with E-state index in [2.05, 4.69) is 15.7 Å². The number of aromatic nitrogens is 2. The van der Waals surface area contributed by atoms with Crippen molar-refractivity contribution in [1.82, 2.24) is 9.78 Å². The standard InChI is InChI=1S/C24H21FN4O3/c1-31-22-11-6-16(14-23(22)32-2)21-12-13-29(28-21)20-9-7-18(8-10-20)26-24(30)27-19-5-3-4-17(25)15-19/h3-15H,1-2H3,(H2,26,27,30). The van der Waals surface area contributed by atoms with Crippen LogP contribution in [-0.2, 0) is 0 Å². The van der Waals surface area contributed by atoms with E-state index < -0.39 is 11.8 Å². The van der Waals surface area contributed by atoms with Gasteiger partial charge in [0.2, 0.25) is 0 Å². The van der Waals surface area contributed by atoms with Crippen LogP contribution >= 0.6 is 0 Å². The van der Waals surface area contributed by atoms with Gasteiger partial charge in [0, 0.05) is 23.1 Å². The zero-order valence-corrected chi connectivity index (χ0v) is 17.5. The fraction of sp³-hybridized carbons (Fsp3) is 0.0833. The van der Waals surface area contributed by atoms with Crippen LogP contribution in [0.5, 0.6) is 11.5 Å². The van der Waals surface area contributed by atoms with Gasteiger partial charge < -0.3 is 20.1 Å². The molecule has 0 spiro atoms. The summed E-state index contributed by atoms with van der Waals surface area (Å²) in [5.41, 5.74) is 3.47. The van der Waals surface area contributed by atoms with Gasteiger partial charge in [-0.1, -0.05) is 6.07 Å². The number of hydrogen-bond donors (Lipinski definition) is 2. The molecule has 32 heavy (non-hydrogen) atoms. The minimum Gasteiger partial charge on any atom is -0.493 e. The molecule has 2 amide bonds. The van der Waals surface area contributed by atoms with Crippen LogP contribution in [0, 0.1) is 5.82 Å². The van der Waals surface area contributed by atoms with Crippen molar-refractivity contribution in [2.75, 3.05) is 24.9 Å². The largest absolute Gasteiger partial charge is 0.493 e. The number of halogens is 1. The molecular weight excluding hydrogens is 411 g/mol. The zero-order chi connectivity index (χ0) is 22.5. The minimum atomic E-state index is -0.460. The Kier molecular flexibility index (Phi) is 6.03. The lowest BCUT2D eigenvalue weighted by molar-refractivity contribution is 0.262. The van der Waals surface area contributed by atoms with Crippen LogP contribution in [0.2, 0.25) is 0 Å². The molecule has 0 atom stereocenters.